The number of nitrogens with zero attached hydrogens (tertiary/aromatic N) is 1. The quantitative estimate of drug-likeness (QED) is 0.790. The molecule has 0 saturated heterocycles. The second-order valence-electron chi connectivity index (χ2n) is 3.10. The molecule has 1 aromatic rings. The third-order valence-corrected chi connectivity index (χ3v) is 2.12. The summed E-state index contributed by atoms with van der Waals surface area (Å²) in [5.41, 5.74) is 5.89. The molecule has 1 rings (SSSR count). The van der Waals surface area contributed by atoms with Crippen molar-refractivity contribution in [1.29, 1.82) is 5.26 Å². The van der Waals surface area contributed by atoms with Gasteiger partial charge in [-0.05, 0) is 11.6 Å². The van der Waals surface area contributed by atoms with E-state index in [9.17, 15) is 4.79 Å². The van der Waals surface area contributed by atoms with Gasteiger partial charge in [0.1, 0.15) is 11.7 Å². The molecule has 1 aromatic carbocycles. The van der Waals surface area contributed by atoms with Gasteiger partial charge in [-0.25, -0.2) is 0 Å². The number of methoxy groups -OCH3 is 1. The Labute approximate surface area is 88.3 Å². The van der Waals surface area contributed by atoms with Crippen LogP contribution < -0.4 is 10.5 Å². The van der Waals surface area contributed by atoms with Crippen LogP contribution >= 0.6 is 0 Å². The molecule has 0 aromatic heterocycles. The maximum absolute atomic E-state index is 10.9. The van der Waals surface area contributed by atoms with Crippen molar-refractivity contribution in [2.24, 2.45) is 11.7 Å². The van der Waals surface area contributed by atoms with Crippen LogP contribution in [0.1, 0.15) is 5.56 Å². The number of hydrogen-bond acceptors (Lipinski definition) is 3. The minimum atomic E-state index is -0.804. The first-order chi connectivity index (χ1) is 7.19. The number of nitrogens with two attached hydrogens (primary N) is 1. The van der Waals surface area contributed by atoms with Gasteiger partial charge in [-0.1, -0.05) is 18.2 Å². The lowest BCUT2D eigenvalue weighted by Crippen LogP contribution is -2.23. The van der Waals surface area contributed by atoms with E-state index in [2.05, 4.69) is 0 Å². The summed E-state index contributed by atoms with van der Waals surface area (Å²) in [7, 11) is 1.55. The van der Waals surface area contributed by atoms with Gasteiger partial charge in [-0.3, -0.25) is 4.79 Å². The predicted octanol–water partition coefficient (Wildman–Crippen LogP) is 0.863. The van der Waals surface area contributed by atoms with Gasteiger partial charge in [-0.15, -0.1) is 0 Å². The van der Waals surface area contributed by atoms with Crippen molar-refractivity contribution in [1.82, 2.24) is 0 Å². The van der Waals surface area contributed by atoms with Gasteiger partial charge in [0.2, 0.25) is 5.91 Å². The van der Waals surface area contributed by atoms with Gasteiger partial charge < -0.3 is 10.5 Å². The fourth-order valence-electron chi connectivity index (χ4n) is 1.30. The van der Waals surface area contributed by atoms with E-state index in [4.69, 9.17) is 15.7 Å². The van der Waals surface area contributed by atoms with E-state index in [0.29, 0.717) is 5.75 Å². The molecule has 2 N–H and O–H groups in total. The largest absolute Gasteiger partial charge is 0.496 e. The maximum Gasteiger partial charge on any atom is 0.235 e. The molecule has 0 radical (unpaired) electrons. The molecule has 1 amide bonds. The summed E-state index contributed by atoms with van der Waals surface area (Å²) in [6, 6.07) is 9.12. The molecule has 4 heteroatoms. The average Bonchev–Trinajstić information content (AvgIpc) is 2.25. The van der Waals surface area contributed by atoms with Crippen LogP contribution in [-0.4, -0.2) is 13.0 Å². The van der Waals surface area contributed by atoms with Crippen LogP contribution in [0.2, 0.25) is 0 Å². The molecule has 0 fully saturated rings. The number of carbonyl (C=O) groups is 1. The van der Waals surface area contributed by atoms with Crippen LogP contribution in [0.15, 0.2) is 24.3 Å². The molecule has 0 aliphatic heterocycles. The normalized spacial score (nSPS) is 11.5. The summed E-state index contributed by atoms with van der Waals surface area (Å²) in [5, 5.41) is 8.73. The first-order valence-electron chi connectivity index (χ1n) is 4.50. The smallest absolute Gasteiger partial charge is 0.235 e. The van der Waals surface area contributed by atoms with Crippen molar-refractivity contribution < 1.29 is 9.53 Å². The Kier molecular flexibility index (Phi) is 3.69. The molecule has 0 aliphatic carbocycles. The molecule has 1 unspecified atom stereocenters. The molecule has 15 heavy (non-hydrogen) atoms. The Morgan fingerprint density at radius 3 is 2.80 bits per heavy atom. The van der Waals surface area contributed by atoms with E-state index < -0.39 is 11.8 Å². The molecule has 0 spiro atoms. The van der Waals surface area contributed by atoms with Crippen molar-refractivity contribution in [2.45, 2.75) is 6.42 Å². The number of ether oxygens (including phenoxy) is 1. The monoisotopic (exact) mass is 204 g/mol. The average molecular weight is 204 g/mol. The number of rotatable bonds is 4. The van der Waals surface area contributed by atoms with Crippen molar-refractivity contribution in [2.75, 3.05) is 7.11 Å². The van der Waals surface area contributed by atoms with E-state index >= 15 is 0 Å². The highest BCUT2D eigenvalue weighted by atomic mass is 16.5. The molecule has 0 heterocycles. The first-order valence-corrected chi connectivity index (χ1v) is 4.50. The van der Waals surface area contributed by atoms with Gasteiger partial charge >= 0.3 is 0 Å². The third kappa shape index (κ3) is 2.71. The van der Waals surface area contributed by atoms with Crippen molar-refractivity contribution in [3.8, 4) is 11.8 Å². The lowest BCUT2D eigenvalue weighted by Gasteiger charge is -2.09. The Hall–Kier alpha value is -2.02. The number of benzene rings is 1. The maximum atomic E-state index is 10.9. The van der Waals surface area contributed by atoms with Gasteiger partial charge in [0.05, 0.1) is 13.2 Å². The van der Waals surface area contributed by atoms with E-state index in [1.807, 2.05) is 24.3 Å². The van der Waals surface area contributed by atoms with Crippen molar-refractivity contribution in [3.63, 3.8) is 0 Å². The van der Waals surface area contributed by atoms with Gasteiger partial charge in [0.25, 0.3) is 0 Å². The van der Waals surface area contributed by atoms with Crippen LogP contribution in [0.25, 0.3) is 0 Å². The second-order valence-corrected chi connectivity index (χ2v) is 3.10. The number of para-hydroxylation sites is 1. The van der Waals surface area contributed by atoms with Crippen LogP contribution in [0.4, 0.5) is 0 Å². The van der Waals surface area contributed by atoms with Crippen LogP contribution in [0.5, 0.6) is 5.75 Å². The number of hydrogen-bond donors (Lipinski definition) is 1. The standard InChI is InChI=1S/C11H12N2O2/c1-15-10-5-3-2-4-8(10)6-9(7-12)11(13)14/h2-5,9H,6H2,1H3,(H2,13,14). The van der Waals surface area contributed by atoms with Crippen LogP contribution in [0, 0.1) is 17.2 Å². The summed E-state index contributed by atoms with van der Waals surface area (Å²) in [6.45, 7) is 0. The number of amides is 1. The predicted molar refractivity (Wildman–Crippen MR) is 55.0 cm³/mol. The Balaban J connectivity index is 2.89. The second kappa shape index (κ2) is 5.01. The summed E-state index contributed by atoms with van der Waals surface area (Å²) in [5.74, 6) is -0.747. The first kappa shape index (κ1) is 11.1. The number of nitriles is 1. The number of primary amides is 1. The van der Waals surface area contributed by atoms with Crippen LogP contribution in [0.3, 0.4) is 0 Å². The topological polar surface area (TPSA) is 76.1 Å². The third-order valence-electron chi connectivity index (χ3n) is 2.12. The highest BCUT2D eigenvalue weighted by molar-refractivity contribution is 5.79. The lowest BCUT2D eigenvalue weighted by atomic mass is 9.99. The minimum absolute atomic E-state index is 0.288. The zero-order valence-electron chi connectivity index (χ0n) is 8.43. The summed E-state index contributed by atoms with van der Waals surface area (Å²) >= 11 is 0. The molecule has 0 bridgehead atoms. The van der Waals surface area contributed by atoms with E-state index in [1.54, 1.807) is 13.2 Å². The fourth-order valence-corrected chi connectivity index (χ4v) is 1.30. The zero-order valence-corrected chi connectivity index (χ0v) is 8.43. The van der Waals surface area contributed by atoms with Crippen molar-refractivity contribution >= 4 is 5.91 Å². The van der Waals surface area contributed by atoms with Gasteiger partial charge in [0, 0.05) is 6.42 Å². The Bertz CT molecular complexity index is 396. The molecule has 1 atom stereocenters. The SMILES string of the molecule is COc1ccccc1CC(C#N)C(N)=O. The molecular weight excluding hydrogens is 192 g/mol. The molecule has 0 saturated carbocycles. The summed E-state index contributed by atoms with van der Waals surface area (Å²) < 4.78 is 5.11. The van der Waals surface area contributed by atoms with Crippen molar-refractivity contribution in [3.05, 3.63) is 29.8 Å². The van der Waals surface area contributed by atoms with E-state index in [-0.39, 0.29) is 6.42 Å². The fraction of sp³-hybridized carbons (Fsp3) is 0.273. The van der Waals surface area contributed by atoms with E-state index in [0.717, 1.165) is 5.56 Å². The highest BCUT2D eigenvalue weighted by Crippen LogP contribution is 2.20. The van der Waals surface area contributed by atoms with Gasteiger partial charge in [-0.2, -0.15) is 5.26 Å². The summed E-state index contributed by atoms with van der Waals surface area (Å²) in [4.78, 5) is 10.9. The van der Waals surface area contributed by atoms with E-state index in [1.165, 1.54) is 0 Å². The summed E-state index contributed by atoms with van der Waals surface area (Å²) in [6.07, 6.45) is 0.288. The molecule has 78 valence electrons. The lowest BCUT2D eigenvalue weighted by molar-refractivity contribution is -0.120. The molecular formula is C11H12N2O2. The van der Waals surface area contributed by atoms with Crippen LogP contribution in [-0.2, 0) is 11.2 Å². The zero-order chi connectivity index (χ0) is 11.3. The minimum Gasteiger partial charge on any atom is -0.496 e. The Morgan fingerprint density at radius 1 is 1.60 bits per heavy atom. The number of carbonyl (C=O) groups excluding carboxylic acids is 1. The molecule has 0 aliphatic rings. The highest BCUT2D eigenvalue weighted by Gasteiger charge is 2.16. The van der Waals surface area contributed by atoms with Gasteiger partial charge in [0.15, 0.2) is 0 Å². The Morgan fingerprint density at radius 2 is 2.27 bits per heavy atom. The molecule has 4 nitrogen and oxygen atoms in total.